The Morgan fingerprint density at radius 3 is 1.18 bits per heavy atom. The first-order chi connectivity index (χ1) is 7.72. The third-order valence-electron chi connectivity index (χ3n) is 3.16. The van der Waals surface area contributed by atoms with Crippen LogP contribution in [-0.4, -0.2) is 23.1 Å². The average Bonchev–Trinajstić information content (AvgIpc) is 2.16. The molecule has 0 aromatic heterocycles. The summed E-state index contributed by atoms with van der Waals surface area (Å²) < 4.78 is 0. The topological polar surface area (TPSA) is 68.3 Å². The van der Waals surface area contributed by atoms with Gasteiger partial charge >= 0.3 is 0 Å². The van der Waals surface area contributed by atoms with Gasteiger partial charge in [-0.05, 0) is 40.5 Å². The van der Waals surface area contributed by atoms with E-state index in [0.29, 0.717) is 0 Å². The predicted octanol–water partition coefficient (Wildman–Crippen LogP) is 1.89. The van der Waals surface area contributed by atoms with E-state index in [4.69, 9.17) is 0 Å². The van der Waals surface area contributed by atoms with Crippen molar-refractivity contribution in [2.75, 3.05) is 0 Å². The number of hydrogen-bond acceptors (Lipinski definition) is 4. The van der Waals surface area contributed by atoms with Crippen molar-refractivity contribution in [1.29, 1.82) is 0 Å². The lowest BCUT2D eigenvalue weighted by molar-refractivity contribution is -0.140. The van der Waals surface area contributed by atoms with Crippen LogP contribution < -0.4 is 0 Å². The minimum absolute atomic E-state index is 0.0558. The van der Waals surface area contributed by atoms with E-state index in [1.807, 2.05) is 0 Å². The summed E-state index contributed by atoms with van der Waals surface area (Å²) in [6.45, 7) is 5.55. The molecule has 0 aliphatic carbocycles. The molecule has 0 radical (unpaired) electrons. The van der Waals surface area contributed by atoms with Crippen molar-refractivity contribution in [2.24, 2.45) is 5.41 Å². The van der Waals surface area contributed by atoms with E-state index in [-0.39, 0.29) is 48.8 Å². The molecule has 0 heterocycles. The minimum Gasteiger partial charge on any atom is -0.300 e. The predicted molar refractivity (Wildman–Crippen MR) is 63.6 cm³/mol. The maximum atomic E-state index is 11.7. The summed E-state index contributed by atoms with van der Waals surface area (Å²) in [5, 5.41) is 0. The number of ketones is 4. The van der Waals surface area contributed by atoms with Gasteiger partial charge in [-0.1, -0.05) is 0 Å². The van der Waals surface area contributed by atoms with E-state index >= 15 is 0 Å². The van der Waals surface area contributed by atoms with E-state index in [1.165, 1.54) is 27.7 Å². The highest BCUT2D eigenvalue weighted by molar-refractivity contribution is 6.05. The fourth-order valence-corrected chi connectivity index (χ4v) is 1.86. The molecule has 17 heavy (non-hydrogen) atoms. The molecule has 0 unspecified atom stereocenters. The van der Waals surface area contributed by atoms with E-state index in [0.717, 1.165) is 0 Å². The Kier molecular flexibility index (Phi) is 5.93. The molecule has 0 atom stereocenters. The molecule has 0 aromatic carbocycles. The van der Waals surface area contributed by atoms with Crippen molar-refractivity contribution >= 4 is 23.1 Å². The fourth-order valence-electron chi connectivity index (χ4n) is 1.86. The normalized spacial score (nSPS) is 11.1. The van der Waals surface area contributed by atoms with E-state index in [1.54, 1.807) is 0 Å². The average molecular weight is 240 g/mol. The minimum atomic E-state index is -1.16. The van der Waals surface area contributed by atoms with Crippen LogP contribution >= 0.6 is 0 Å². The summed E-state index contributed by atoms with van der Waals surface area (Å²) in [5.41, 5.74) is -1.16. The van der Waals surface area contributed by atoms with Crippen LogP contribution in [0.1, 0.15) is 53.4 Å². The molecule has 0 spiro atoms. The standard InChI is InChI=1S/C13H20O4/c1-9(14)5-7-13(11(3)16,12(4)17)8-6-10(2)15/h5-8H2,1-4H3. The zero-order chi connectivity index (χ0) is 13.6. The summed E-state index contributed by atoms with van der Waals surface area (Å²) in [5.74, 6) is -0.626. The summed E-state index contributed by atoms with van der Waals surface area (Å²) in [4.78, 5) is 45.3. The van der Waals surface area contributed by atoms with Crippen LogP contribution in [0, 0.1) is 5.41 Å². The van der Waals surface area contributed by atoms with Crippen LogP contribution in [0.3, 0.4) is 0 Å². The first-order valence-corrected chi connectivity index (χ1v) is 5.73. The van der Waals surface area contributed by atoms with Crippen molar-refractivity contribution in [2.45, 2.75) is 53.4 Å². The third kappa shape index (κ3) is 4.59. The van der Waals surface area contributed by atoms with Gasteiger partial charge in [0.15, 0.2) is 0 Å². The SMILES string of the molecule is CC(=O)CCC(CCC(C)=O)(C(C)=O)C(C)=O. The Morgan fingerprint density at radius 2 is 1.00 bits per heavy atom. The van der Waals surface area contributed by atoms with Crippen molar-refractivity contribution < 1.29 is 19.2 Å². The quantitative estimate of drug-likeness (QED) is 0.607. The van der Waals surface area contributed by atoms with Gasteiger partial charge < -0.3 is 9.59 Å². The highest BCUT2D eigenvalue weighted by Gasteiger charge is 2.39. The van der Waals surface area contributed by atoms with Crippen molar-refractivity contribution in [3.63, 3.8) is 0 Å². The second-order valence-electron chi connectivity index (χ2n) is 4.60. The molecule has 0 amide bonds. The Morgan fingerprint density at radius 1 is 0.706 bits per heavy atom. The van der Waals surface area contributed by atoms with Crippen LogP contribution in [-0.2, 0) is 19.2 Å². The summed E-state index contributed by atoms with van der Waals surface area (Å²) in [7, 11) is 0. The molecular weight excluding hydrogens is 220 g/mol. The lowest BCUT2D eigenvalue weighted by Crippen LogP contribution is -2.37. The number of carbonyl (C=O) groups excluding carboxylic acids is 4. The highest BCUT2D eigenvalue weighted by atomic mass is 16.2. The van der Waals surface area contributed by atoms with Crippen LogP contribution in [0.5, 0.6) is 0 Å². The van der Waals surface area contributed by atoms with Crippen LogP contribution in [0.25, 0.3) is 0 Å². The van der Waals surface area contributed by atoms with Crippen LogP contribution in [0.15, 0.2) is 0 Å². The lowest BCUT2D eigenvalue weighted by Gasteiger charge is -2.27. The molecule has 0 bridgehead atoms. The summed E-state index contributed by atoms with van der Waals surface area (Å²) in [6.07, 6.45) is 0.800. The van der Waals surface area contributed by atoms with Gasteiger partial charge in [-0.15, -0.1) is 0 Å². The number of Topliss-reactive ketones (excluding diaryl/α,β-unsaturated/α-hetero) is 4. The molecule has 4 heteroatoms. The molecule has 96 valence electrons. The molecule has 0 aromatic rings. The first kappa shape index (κ1) is 15.7. The zero-order valence-electron chi connectivity index (χ0n) is 11.0. The van der Waals surface area contributed by atoms with Gasteiger partial charge in [0.1, 0.15) is 23.1 Å². The van der Waals surface area contributed by atoms with E-state index in [9.17, 15) is 19.2 Å². The Labute approximate surface area is 102 Å². The molecule has 0 saturated heterocycles. The fraction of sp³-hybridized carbons (Fsp3) is 0.692. The number of rotatable bonds is 8. The van der Waals surface area contributed by atoms with Gasteiger partial charge in [-0.3, -0.25) is 9.59 Å². The zero-order valence-corrected chi connectivity index (χ0v) is 11.0. The Hall–Kier alpha value is -1.32. The summed E-state index contributed by atoms with van der Waals surface area (Å²) >= 11 is 0. The van der Waals surface area contributed by atoms with Gasteiger partial charge in [0.2, 0.25) is 0 Å². The van der Waals surface area contributed by atoms with Crippen LogP contribution in [0.2, 0.25) is 0 Å². The Bertz CT molecular complexity index is 307. The van der Waals surface area contributed by atoms with E-state index < -0.39 is 5.41 Å². The Balaban J connectivity index is 4.99. The second kappa shape index (κ2) is 6.42. The number of hydrogen-bond donors (Lipinski definition) is 0. The molecule has 0 fully saturated rings. The molecule has 4 nitrogen and oxygen atoms in total. The van der Waals surface area contributed by atoms with Gasteiger partial charge in [-0.2, -0.15) is 0 Å². The largest absolute Gasteiger partial charge is 0.300 e. The van der Waals surface area contributed by atoms with Gasteiger partial charge in [0, 0.05) is 12.8 Å². The summed E-state index contributed by atoms with van der Waals surface area (Å²) in [6, 6.07) is 0. The maximum absolute atomic E-state index is 11.7. The van der Waals surface area contributed by atoms with Crippen molar-refractivity contribution in [3.8, 4) is 0 Å². The van der Waals surface area contributed by atoms with Gasteiger partial charge in [-0.25, -0.2) is 0 Å². The second-order valence-corrected chi connectivity index (χ2v) is 4.60. The van der Waals surface area contributed by atoms with Crippen molar-refractivity contribution in [3.05, 3.63) is 0 Å². The molecule has 0 saturated carbocycles. The number of carbonyl (C=O) groups is 4. The highest BCUT2D eigenvalue weighted by Crippen LogP contribution is 2.32. The van der Waals surface area contributed by atoms with E-state index in [2.05, 4.69) is 0 Å². The van der Waals surface area contributed by atoms with Crippen molar-refractivity contribution in [1.82, 2.24) is 0 Å². The monoisotopic (exact) mass is 240 g/mol. The maximum Gasteiger partial charge on any atom is 0.143 e. The lowest BCUT2D eigenvalue weighted by atomic mass is 9.72. The first-order valence-electron chi connectivity index (χ1n) is 5.73. The molecule has 0 aliphatic heterocycles. The molecule has 0 rings (SSSR count). The van der Waals surface area contributed by atoms with Crippen LogP contribution in [0.4, 0.5) is 0 Å². The molecule has 0 aliphatic rings. The third-order valence-corrected chi connectivity index (χ3v) is 3.16. The molecular formula is C13H20O4. The van der Waals surface area contributed by atoms with Gasteiger partial charge in [0.05, 0.1) is 5.41 Å². The van der Waals surface area contributed by atoms with Gasteiger partial charge in [0.25, 0.3) is 0 Å². The molecule has 0 N–H and O–H groups in total. The smallest absolute Gasteiger partial charge is 0.143 e.